The number of hydrogen-bond donors (Lipinski definition) is 6. The van der Waals surface area contributed by atoms with E-state index in [2.05, 4.69) is 10.6 Å². The Balaban J connectivity index is 1.78. The van der Waals surface area contributed by atoms with E-state index in [4.69, 9.17) is 0 Å². The van der Waals surface area contributed by atoms with Crippen molar-refractivity contribution < 1.29 is 34.8 Å². The van der Waals surface area contributed by atoms with Crippen molar-refractivity contribution in [1.82, 2.24) is 15.5 Å². The van der Waals surface area contributed by atoms with Crippen LogP contribution >= 0.6 is 11.8 Å². The van der Waals surface area contributed by atoms with Crippen LogP contribution in [0.3, 0.4) is 0 Å². The molecule has 36 heavy (non-hydrogen) atoms. The standard InChI is InChI=1S/C25H33N3O7S/c1-36-16-11-21(31)28(15-6-13-27-25(35)18-8-5-10-20(30)23(18)33)14-3-2-12-26-24(34)17-7-4-9-19(29)22(17)32/h4-5,7-10,29-30,32-33H,2-3,6,11-16H2,1H3,(H,26,34)(H,27,35). The highest BCUT2D eigenvalue weighted by Gasteiger charge is 2.16. The predicted molar refractivity (Wildman–Crippen MR) is 138 cm³/mol. The molecule has 0 fully saturated rings. The van der Waals surface area contributed by atoms with E-state index in [1.165, 1.54) is 36.4 Å². The Hall–Kier alpha value is -3.60. The molecule has 0 aromatic heterocycles. The van der Waals surface area contributed by atoms with Crippen LogP contribution in [0, 0.1) is 0 Å². The number of phenolic OH excluding ortho intramolecular Hbond substituents is 4. The van der Waals surface area contributed by atoms with Crippen molar-refractivity contribution in [2.75, 3.05) is 38.2 Å². The summed E-state index contributed by atoms with van der Waals surface area (Å²) in [7, 11) is 0. The Morgan fingerprint density at radius 3 is 1.81 bits per heavy atom. The zero-order valence-electron chi connectivity index (χ0n) is 20.2. The molecule has 196 valence electrons. The van der Waals surface area contributed by atoms with Crippen LogP contribution in [0.5, 0.6) is 23.0 Å². The number of thioether (sulfide) groups is 1. The fourth-order valence-electron chi connectivity index (χ4n) is 3.43. The highest BCUT2D eigenvalue weighted by Crippen LogP contribution is 2.28. The number of aromatic hydroxyl groups is 4. The highest BCUT2D eigenvalue weighted by molar-refractivity contribution is 7.98. The number of nitrogens with one attached hydrogen (secondary N) is 2. The molecule has 0 saturated heterocycles. The average Bonchev–Trinajstić information content (AvgIpc) is 2.86. The van der Waals surface area contributed by atoms with Crippen molar-refractivity contribution in [3.8, 4) is 23.0 Å². The number of benzene rings is 2. The molecule has 0 atom stereocenters. The first-order valence-electron chi connectivity index (χ1n) is 11.6. The molecule has 10 nitrogen and oxygen atoms in total. The number of phenols is 4. The lowest BCUT2D eigenvalue weighted by Crippen LogP contribution is -2.35. The lowest BCUT2D eigenvalue weighted by molar-refractivity contribution is -0.130. The van der Waals surface area contributed by atoms with E-state index in [1.54, 1.807) is 16.7 Å². The van der Waals surface area contributed by atoms with Crippen LogP contribution in [-0.2, 0) is 4.79 Å². The second kappa shape index (κ2) is 14.7. The summed E-state index contributed by atoms with van der Waals surface area (Å²) in [5, 5.41) is 44.0. The van der Waals surface area contributed by atoms with Gasteiger partial charge in [0.05, 0.1) is 11.1 Å². The molecular weight excluding hydrogens is 486 g/mol. The maximum absolute atomic E-state index is 12.6. The van der Waals surface area contributed by atoms with Crippen molar-refractivity contribution in [3.63, 3.8) is 0 Å². The number of hydrogen-bond acceptors (Lipinski definition) is 8. The van der Waals surface area contributed by atoms with Crippen molar-refractivity contribution >= 4 is 29.5 Å². The summed E-state index contributed by atoms with van der Waals surface area (Å²) in [5.41, 5.74) is -0.0334. The number of nitrogens with zero attached hydrogens (tertiary/aromatic N) is 1. The van der Waals surface area contributed by atoms with Crippen molar-refractivity contribution in [1.29, 1.82) is 0 Å². The lowest BCUT2D eigenvalue weighted by Gasteiger charge is -2.23. The molecule has 11 heteroatoms. The first-order chi connectivity index (χ1) is 17.3. The van der Waals surface area contributed by atoms with Crippen LogP contribution in [0.1, 0.15) is 46.4 Å². The van der Waals surface area contributed by atoms with Crippen LogP contribution in [-0.4, -0.2) is 81.2 Å². The van der Waals surface area contributed by atoms with Gasteiger partial charge in [-0.25, -0.2) is 0 Å². The highest BCUT2D eigenvalue weighted by atomic mass is 32.2. The van der Waals surface area contributed by atoms with Crippen LogP contribution in [0.15, 0.2) is 36.4 Å². The van der Waals surface area contributed by atoms with E-state index in [-0.39, 0.29) is 35.1 Å². The molecule has 0 radical (unpaired) electrons. The molecule has 0 spiro atoms. The van der Waals surface area contributed by atoms with Gasteiger partial charge in [0, 0.05) is 38.4 Å². The summed E-state index contributed by atoms with van der Waals surface area (Å²) in [5.74, 6) is -1.98. The molecule has 2 aromatic carbocycles. The lowest BCUT2D eigenvalue weighted by atomic mass is 10.1. The van der Waals surface area contributed by atoms with Crippen LogP contribution < -0.4 is 10.6 Å². The Morgan fingerprint density at radius 1 is 0.778 bits per heavy atom. The van der Waals surface area contributed by atoms with Gasteiger partial charge in [-0.15, -0.1) is 0 Å². The van der Waals surface area contributed by atoms with Crippen LogP contribution in [0.2, 0.25) is 0 Å². The maximum atomic E-state index is 12.6. The van der Waals surface area contributed by atoms with Gasteiger partial charge in [-0.3, -0.25) is 14.4 Å². The molecule has 2 rings (SSSR count). The molecule has 0 aliphatic heterocycles. The number of amides is 3. The van der Waals surface area contributed by atoms with Crippen molar-refractivity contribution in [2.45, 2.75) is 25.7 Å². The summed E-state index contributed by atoms with van der Waals surface area (Å²) >= 11 is 1.58. The van der Waals surface area contributed by atoms with Gasteiger partial charge in [-0.2, -0.15) is 11.8 Å². The van der Waals surface area contributed by atoms with Crippen molar-refractivity contribution in [2.24, 2.45) is 0 Å². The first kappa shape index (κ1) is 28.6. The minimum atomic E-state index is -0.517. The molecule has 0 aliphatic rings. The van der Waals surface area contributed by atoms with E-state index in [1.807, 2.05) is 6.26 Å². The number of unbranched alkanes of at least 4 members (excludes halogenated alkanes) is 1. The van der Waals surface area contributed by atoms with Gasteiger partial charge in [-0.05, 0) is 49.8 Å². The maximum Gasteiger partial charge on any atom is 0.255 e. The zero-order valence-corrected chi connectivity index (χ0v) is 21.0. The molecule has 0 heterocycles. The number of rotatable bonds is 14. The van der Waals surface area contributed by atoms with Gasteiger partial charge in [0.25, 0.3) is 11.8 Å². The van der Waals surface area contributed by atoms with E-state index in [0.717, 1.165) is 0 Å². The molecule has 0 saturated carbocycles. The largest absolute Gasteiger partial charge is 0.504 e. The van der Waals surface area contributed by atoms with Crippen LogP contribution in [0.25, 0.3) is 0 Å². The fraction of sp³-hybridized carbons (Fsp3) is 0.400. The molecule has 0 aliphatic carbocycles. The zero-order chi connectivity index (χ0) is 26.5. The number of para-hydroxylation sites is 2. The summed E-state index contributed by atoms with van der Waals surface area (Å²) in [4.78, 5) is 38.8. The second-order valence-corrected chi connectivity index (χ2v) is 9.03. The molecule has 2 aromatic rings. The number of carbonyl (C=O) groups is 3. The Morgan fingerprint density at radius 2 is 1.28 bits per heavy atom. The second-order valence-electron chi connectivity index (χ2n) is 8.04. The number of carbonyl (C=O) groups excluding carboxylic acids is 3. The first-order valence-corrected chi connectivity index (χ1v) is 13.0. The third-order valence-electron chi connectivity index (χ3n) is 5.42. The molecule has 0 bridgehead atoms. The third kappa shape index (κ3) is 8.56. The average molecular weight is 520 g/mol. The summed E-state index contributed by atoms with van der Waals surface area (Å²) < 4.78 is 0. The minimum Gasteiger partial charge on any atom is -0.504 e. The van der Waals surface area contributed by atoms with Gasteiger partial charge < -0.3 is 36.0 Å². The quantitative estimate of drug-likeness (QED) is 0.164. The summed E-state index contributed by atoms with van der Waals surface area (Å²) in [6, 6.07) is 8.32. The summed E-state index contributed by atoms with van der Waals surface area (Å²) in [6.07, 6.45) is 4.07. The summed E-state index contributed by atoms with van der Waals surface area (Å²) in [6.45, 7) is 1.54. The fourth-order valence-corrected chi connectivity index (χ4v) is 3.81. The molecular formula is C25H33N3O7S. The Bertz CT molecular complexity index is 1050. The monoisotopic (exact) mass is 519 g/mol. The van der Waals surface area contributed by atoms with Gasteiger partial charge >= 0.3 is 0 Å². The van der Waals surface area contributed by atoms with E-state index < -0.39 is 23.3 Å². The molecule has 0 unspecified atom stereocenters. The topological polar surface area (TPSA) is 159 Å². The predicted octanol–water partition coefficient (Wildman–Crippen LogP) is 2.42. The Labute approximate surface area is 214 Å². The molecule has 6 N–H and O–H groups in total. The van der Waals surface area contributed by atoms with Crippen molar-refractivity contribution in [3.05, 3.63) is 47.5 Å². The van der Waals surface area contributed by atoms with Crippen LogP contribution in [0.4, 0.5) is 0 Å². The van der Waals surface area contributed by atoms with Gasteiger partial charge in [-0.1, -0.05) is 12.1 Å². The van der Waals surface area contributed by atoms with Gasteiger partial charge in [0.1, 0.15) is 0 Å². The third-order valence-corrected chi connectivity index (χ3v) is 6.03. The smallest absolute Gasteiger partial charge is 0.255 e. The molecule has 3 amide bonds. The minimum absolute atomic E-state index is 0.00928. The van der Waals surface area contributed by atoms with Gasteiger partial charge in [0.2, 0.25) is 5.91 Å². The SMILES string of the molecule is CSCCC(=O)N(CCCCNC(=O)c1cccc(O)c1O)CCCNC(=O)c1cccc(O)c1O. The van der Waals surface area contributed by atoms with E-state index in [0.29, 0.717) is 51.1 Å². The Kier molecular flexibility index (Phi) is 11.7. The normalized spacial score (nSPS) is 10.6. The van der Waals surface area contributed by atoms with E-state index in [9.17, 15) is 34.8 Å². The van der Waals surface area contributed by atoms with Gasteiger partial charge in [0.15, 0.2) is 23.0 Å². The van der Waals surface area contributed by atoms with E-state index >= 15 is 0 Å².